The molecular formula is C15H25NO2. The minimum absolute atomic E-state index is 0.138. The molecule has 0 amide bonds. The third-order valence-corrected chi connectivity index (χ3v) is 3.58. The molecule has 0 aromatic heterocycles. The second-order valence-corrected chi connectivity index (χ2v) is 5.33. The predicted octanol–water partition coefficient (Wildman–Crippen LogP) is 2.46. The van der Waals surface area contributed by atoms with Crippen LogP contribution < -0.4 is 4.74 Å². The van der Waals surface area contributed by atoms with Gasteiger partial charge in [-0.3, -0.25) is 4.90 Å². The van der Waals surface area contributed by atoms with E-state index in [1.807, 2.05) is 27.0 Å². The smallest absolute Gasteiger partial charge is 0.123 e. The molecule has 0 atom stereocenters. The Hall–Kier alpha value is -1.06. The molecule has 1 aromatic carbocycles. The zero-order valence-corrected chi connectivity index (χ0v) is 12.2. The molecule has 0 aliphatic heterocycles. The molecule has 1 rings (SSSR count). The zero-order valence-electron chi connectivity index (χ0n) is 12.2. The molecule has 0 heterocycles. The van der Waals surface area contributed by atoms with E-state index in [4.69, 9.17) is 4.74 Å². The lowest BCUT2D eigenvalue weighted by Crippen LogP contribution is -2.43. The lowest BCUT2D eigenvalue weighted by molar-refractivity contribution is 0.0728. The highest BCUT2D eigenvalue weighted by molar-refractivity contribution is 5.37. The number of likely N-dealkylation sites (N-methyl/N-ethyl adjacent to an activating group) is 1. The number of aryl methyl sites for hydroxylation is 1. The van der Waals surface area contributed by atoms with Gasteiger partial charge in [-0.25, -0.2) is 0 Å². The van der Waals surface area contributed by atoms with Crippen molar-refractivity contribution in [2.24, 2.45) is 0 Å². The van der Waals surface area contributed by atoms with Gasteiger partial charge in [-0.05, 0) is 38.9 Å². The van der Waals surface area contributed by atoms with Gasteiger partial charge < -0.3 is 9.84 Å². The lowest BCUT2D eigenvalue weighted by atomic mass is 10.0. The Morgan fingerprint density at radius 3 is 2.50 bits per heavy atom. The maximum Gasteiger partial charge on any atom is 0.123 e. The Morgan fingerprint density at radius 1 is 1.33 bits per heavy atom. The van der Waals surface area contributed by atoms with Crippen molar-refractivity contribution in [3.63, 3.8) is 0 Å². The van der Waals surface area contributed by atoms with Gasteiger partial charge >= 0.3 is 0 Å². The fourth-order valence-electron chi connectivity index (χ4n) is 1.77. The number of hydrogen-bond donors (Lipinski definition) is 1. The minimum Gasteiger partial charge on any atom is -0.496 e. The molecule has 0 unspecified atom stereocenters. The van der Waals surface area contributed by atoms with Crippen LogP contribution in [0.15, 0.2) is 18.2 Å². The Labute approximate surface area is 110 Å². The average molecular weight is 251 g/mol. The van der Waals surface area contributed by atoms with Gasteiger partial charge in [-0.2, -0.15) is 0 Å². The molecule has 0 saturated carbocycles. The standard InChI is InChI=1S/C15H25NO2/c1-6-12-7-8-14(18-5)13(9-12)10-16(4)15(2,3)11-17/h7-9,17H,6,10-11H2,1-5H3. The highest BCUT2D eigenvalue weighted by atomic mass is 16.5. The Kier molecular flexibility index (Phi) is 5.17. The van der Waals surface area contributed by atoms with Gasteiger partial charge in [0.2, 0.25) is 0 Å². The summed E-state index contributed by atoms with van der Waals surface area (Å²) in [6, 6.07) is 6.30. The second kappa shape index (κ2) is 6.21. The number of aliphatic hydroxyl groups is 1. The first-order chi connectivity index (χ1) is 8.44. The van der Waals surface area contributed by atoms with Crippen LogP contribution in [-0.4, -0.2) is 36.3 Å². The molecule has 0 saturated heterocycles. The molecule has 1 N–H and O–H groups in total. The highest BCUT2D eigenvalue weighted by Crippen LogP contribution is 2.24. The van der Waals surface area contributed by atoms with Crippen LogP contribution in [-0.2, 0) is 13.0 Å². The van der Waals surface area contributed by atoms with Crippen molar-refractivity contribution in [1.29, 1.82) is 0 Å². The summed E-state index contributed by atoms with van der Waals surface area (Å²) in [4.78, 5) is 2.14. The monoisotopic (exact) mass is 251 g/mol. The first-order valence-corrected chi connectivity index (χ1v) is 6.42. The van der Waals surface area contributed by atoms with Crippen LogP contribution in [0.2, 0.25) is 0 Å². The number of hydrogen-bond acceptors (Lipinski definition) is 3. The van der Waals surface area contributed by atoms with Crippen LogP contribution in [0.1, 0.15) is 31.9 Å². The highest BCUT2D eigenvalue weighted by Gasteiger charge is 2.23. The summed E-state index contributed by atoms with van der Waals surface area (Å²) in [5.74, 6) is 0.910. The molecule has 0 spiro atoms. The zero-order chi connectivity index (χ0) is 13.8. The van der Waals surface area contributed by atoms with Gasteiger partial charge in [-0.15, -0.1) is 0 Å². The third-order valence-electron chi connectivity index (χ3n) is 3.58. The van der Waals surface area contributed by atoms with Gasteiger partial charge in [0.25, 0.3) is 0 Å². The summed E-state index contributed by atoms with van der Waals surface area (Å²) in [7, 11) is 3.72. The number of ether oxygens (including phenoxy) is 1. The molecule has 102 valence electrons. The Morgan fingerprint density at radius 2 is 2.00 bits per heavy atom. The molecule has 3 heteroatoms. The van der Waals surface area contributed by atoms with Crippen molar-refractivity contribution in [3.05, 3.63) is 29.3 Å². The summed E-state index contributed by atoms with van der Waals surface area (Å²) in [6.45, 7) is 7.11. The van der Waals surface area contributed by atoms with Crippen molar-refractivity contribution in [2.75, 3.05) is 20.8 Å². The lowest BCUT2D eigenvalue weighted by Gasteiger charge is -2.34. The van der Waals surface area contributed by atoms with Crippen LogP contribution in [0.4, 0.5) is 0 Å². The van der Waals surface area contributed by atoms with E-state index in [0.717, 1.165) is 18.7 Å². The summed E-state index contributed by atoms with van der Waals surface area (Å²) in [6.07, 6.45) is 1.02. The second-order valence-electron chi connectivity index (χ2n) is 5.33. The maximum absolute atomic E-state index is 9.40. The van der Waals surface area contributed by atoms with Crippen molar-refractivity contribution in [2.45, 2.75) is 39.3 Å². The van der Waals surface area contributed by atoms with Gasteiger partial charge in [0.1, 0.15) is 5.75 Å². The van der Waals surface area contributed by atoms with E-state index in [1.54, 1.807) is 7.11 Å². The summed E-state index contributed by atoms with van der Waals surface area (Å²) in [5.41, 5.74) is 2.25. The summed E-state index contributed by atoms with van der Waals surface area (Å²) in [5, 5.41) is 9.40. The number of aliphatic hydroxyl groups excluding tert-OH is 1. The van der Waals surface area contributed by atoms with E-state index in [1.165, 1.54) is 11.1 Å². The first kappa shape index (κ1) is 15.0. The van der Waals surface area contributed by atoms with E-state index in [9.17, 15) is 5.11 Å². The van der Waals surface area contributed by atoms with Crippen molar-refractivity contribution >= 4 is 0 Å². The van der Waals surface area contributed by atoms with Gasteiger partial charge in [0.15, 0.2) is 0 Å². The summed E-state index contributed by atoms with van der Waals surface area (Å²) < 4.78 is 5.40. The number of nitrogens with zero attached hydrogens (tertiary/aromatic N) is 1. The van der Waals surface area contributed by atoms with Crippen molar-refractivity contribution in [3.8, 4) is 5.75 Å². The molecule has 0 aliphatic carbocycles. The maximum atomic E-state index is 9.40. The Bertz CT molecular complexity index is 388. The fourth-order valence-corrected chi connectivity index (χ4v) is 1.77. The van der Waals surface area contributed by atoms with E-state index < -0.39 is 0 Å². The van der Waals surface area contributed by atoms with E-state index in [2.05, 4.69) is 24.0 Å². The first-order valence-electron chi connectivity index (χ1n) is 6.42. The van der Waals surface area contributed by atoms with Crippen LogP contribution in [0.5, 0.6) is 5.75 Å². The molecule has 0 aliphatic rings. The topological polar surface area (TPSA) is 32.7 Å². The largest absolute Gasteiger partial charge is 0.496 e. The van der Waals surface area contributed by atoms with Gasteiger partial charge in [0.05, 0.1) is 13.7 Å². The average Bonchev–Trinajstić information content (AvgIpc) is 2.38. The predicted molar refractivity (Wildman–Crippen MR) is 75.0 cm³/mol. The van der Waals surface area contributed by atoms with Crippen LogP contribution in [0.3, 0.4) is 0 Å². The molecule has 0 fully saturated rings. The van der Waals surface area contributed by atoms with E-state index in [-0.39, 0.29) is 12.1 Å². The molecule has 0 bridgehead atoms. The van der Waals surface area contributed by atoms with E-state index >= 15 is 0 Å². The SMILES string of the molecule is CCc1ccc(OC)c(CN(C)C(C)(C)CO)c1. The molecular weight excluding hydrogens is 226 g/mol. The molecule has 3 nitrogen and oxygen atoms in total. The van der Waals surface area contributed by atoms with E-state index in [0.29, 0.717) is 0 Å². The summed E-state index contributed by atoms with van der Waals surface area (Å²) >= 11 is 0. The van der Waals surface area contributed by atoms with Gasteiger partial charge in [0, 0.05) is 17.6 Å². The normalized spacial score (nSPS) is 11.9. The third kappa shape index (κ3) is 3.47. The van der Waals surface area contributed by atoms with Gasteiger partial charge in [-0.1, -0.05) is 19.1 Å². The number of rotatable bonds is 6. The number of methoxy groups -OCH3 is 1. The Balaban J connectivity index is 2.95. The van der Waals surface area contributed by atoms with Crippen LogP contribution in [0.25, 0.3) is 0 Å². The number of benzene rings is 1. The molecule has 0 radical (unpaired) electrons. The molecule has 1 aromatic rings. The van der Waals surface area contributed by atoms with Crippen molar-refractivity contribution < 1.29 is 9.84 Å². The van der Waals surface area contributed by atoms with Crippen molar-refractivity contribution in [1.82, 2.24) is 4.90 Å². The van der Waals surface area contributed by atoms with Crippen LogP contribution >= 0.6 is 0 Å². The fraction of sp³-hybridized carbons (Fsp3) is 0.600. The van der Waals surface area contributed by atoms with Crippen LogP contribution in [0, 0.1) is 0 Å². The minimum atomic E-state index is -0.229. The molecule has 18 heavy (non-hydrogen) atoms. The quantitative estimate of drug-likeness (QED) is 0.843.